The Labute approximate surface area is 90.2 Å². The van der Waals surface area contributed by atoms with Crippen LogP contribution < -0.4 is 5.32 Å². The lowest BCUT2D eigenvalue weighted by Gasteiger charge is -2.14. The minimum atomic E-state index is 0.458. The molecule has 0 unspecified atom stereocenters. The average Bonchev–Trinajstić information content (AvgIpc) is 2.73. The lowest BCUT2D eigenvalue weighted by atomic mass is 10.1. The SMILES string of the molecule is Cc1ccc(NC2CC=CC2)c(C#N)c1. The highest BCUT2D eigenvalue weighted by Crippen LogP contribution is 2.21. The molecular formula is C13H14N2. The molecule has 0 bridgehead atoms. The summed E-state index contributed by atoms with van der Waals surface area (Å²) in [6, 6.07) is 8.63. The second kappa shape index (κ2) is 4.18. The van der Waals surface area contributed by atoms with E-state index in [9.17, 15) is 0 Å². The largest absolute Gasteiger partial charge is 0.381 e. The Balaban J connectivity index is 2.17. The molecule has 1 aliphatic rings. The van der Waals surface area contributed by atoms with Crippen LogP contribution in [-0.4, -0.2) is 6.04 Å². The van der Waals surface area contributed by atoms with Crippen molar-refractivity contribution in [1.82, 2.24) is 0 Å². The molecule has 1 aromatic carbocycles. The zero-order valence-corrected chi connectivity index (χ0v) is 8.83. The maximum absolute atomic E-state index is 9.01. The fourth-order valence-corrected chi connectivity index (χ4v) is 1.83. The monoisotopic (exact) mass is 198 g/mol. The number of anilines is 1. The van der Waals surface area contributed by atoms with Crippen molar-refractivity contribution >= 4 is 5.69 Å². The van der Waals surface area contributed by atoms with Crippen molar-refractivity contribution in [3.63, 3.8) is 0 Å². The van der Waals surface area contributed by atoms with E-state index in [0.29, 0.717) is 6.04 Å². The van der Waals surface area contributed by atoms with Crippen molar-refractivity contribution in [2.24, 2.45) is 0 Å². The van der Waals surface area contributed by atoms with E-state index in [1.807, 2.05) is 25.1 Å². The molecule has 76 valence electrons. The second-order valence-electron chi connectivity index (χ2n) is 3.94. The topological polar surface area (TPSA) is 35.8 Å². The highest BCUT2D eigenvalue weighted by Gasteiger charge is 2.11. The highest BCUT2D eigenvalue weighted by molar-refractivity contribution is 5.59. The van der Waals surface area contributed by atoms with Crippen LogP contribution in [0.25, 0.3) is 0 Å². The van der Waals surface area contributed by atoms with Crippen LogP contribution in [0.3, 0.4) is 0 Å². The molecule has 2 nitrogen and oxygen atoms in total. The Morgan fingerprint density at radius 3 is 2.73 bits per heavy atom. The van der Waals surface area contributed by atoms with Gasteiger partial charge in [0, 0.05) is 6.04 Å². The molecule has 15 heavy (non-hydrogen) atoms. The molecule has 0 aromatic heterocycles. The van der Waals surface area contributed by atoms with Crippen molar-refractivity contribution in [3.05, 3.63) is 41.5 Å². The summed E-state index contributed by atoms with van der Waals surface area (Å²) in [7, 11) is 0. The average molecular weight is 198 g/mol. The summed E-state index contributed by atoms with van der Waals surface area (Å²) in [4.78, 5) is 0. The molecule has 0 saturated carbocycles. The summed E-state index contributed by atoms with van der Waals surface area (Å²) in [5.41, 5.74) is 2.82. The smallest absolute Gasteiger partial charge is 0.101 e. The van der Waals surface area contributed by atoms with Gasteiger partial charge in [-0.15, -0.1) is 0 Å². The lowest BCUT2D eigenvalue weighted by Crippen LogP contribution is -2.15. The van der Waals surface area contributed by atoms with Gasteiger partial charge in [0.15, 0.2) is 0 Å². The number of hydrogen-bond acceptors (Lipinski definition) is 2. The van der Waals surface area contributed by atoms with E-state index in [-0.39, 0.29) is 0 Å². The summed E-state index contributed by atoms with van der Waals surface area (Å²) in [6.45, 7) is 2.00. The standard InChI is InChI=1S/C13H14N2/c1-10-6-7-13(11(8-10)9-14)15-12-4-2-3-5-12/h2-3,6-8,12,15H,4-5H2,1H3. The molecule has 0 aliphatic heterocycles. The summed E-state index contributed by atoms with van der Waals surface area (Å²) < 4.78 is 0. The van der Waals surface area contributed by atoms with Gasteiger partial charge in [-0.25, -0.2) is 0 Å². The summed E-state index contributed by atoms with van der Waals surface area (Å²) in [6.07, 6.45) is 6.47. The Kier molecular flexibility index (Phi) is 2.73. The Hall–Kier alpha value is -1.75. The third-order valence-corrected chi connectivity index (χ3v) is 2.66. The van der Waals surface area contributed by atoms with Gasteiger partial charge in [0.2, 0.25) is 0 Å². The van der Waals surface area contributed by atoms with E-state index in [4.69, 9.17) is 5.26 Å². The second-order valence-corrected chi connectivity index (χ2v) is 3.94. The number of hydrogen-bond donors (Lipinski definition) is 1. The first kappa shape index (κ1) is 9.79. The predicted molar refractivity (Wildman–Crippen MR) is 61.7 cm³/mol. The Morgan fingerprint density at radius 1 is 1.33 bits per heavy atom. The zero-order chi connectivity index (χ0) is 10.7. The third-order valence-electron chi connectivity index (χ3n) is 2.66. The molecule has 1 N–H and O–H groups in total. The summed E-state index contributed by atoms with van der Waals surface area (Å²) in [5, 5.41) is 12.4. The third kappa shape index (κ3) is 2.19. The summed E-state index contributed by atoms with van der Waals surface area (Å²) in [5.74, 6) is 0. The molecule has 0 fully saturated rings. The van der Waals surface area contributed by atoms with Crippen LogP contribution in [0.4, 0.5) is 5.69 Å². The lowest BCUT2D eigenvalue weighted by molar-refractivity contribution is 0.786. The number of nitrogens with zero attached hydrogens (tertiary/aromatic N) is 1. The highest BCUT2D eigenvalue weighted by atomic mass is 14.9. The number of nitriles is 1. The van der Waals surface area contributed by atoms with E-state index < -0.39 is 0 Å². The van der Waals surface area contributed by atoms with Crippen molar-refractivity contribution in [1.29, 1.82) is 5.26 Å². The van der Waals surface area contributed by atoms with E-state index in [1.165, 1.54) is 0 Å². The number of aryl methyl sites for hydroxylation is 1. The molecule has 2 heteroatoms. The van der Waals surface area contributed by atoms with Crippen LogP contribution in [0.1, 0.15) is 24.0 Å². The van der Waals surface area contributed by atoms with Crippen LogP contribution in [0.2, 0.25) is 0 Å². The first-order valence-corrected chi connectivity index (χ1v) is 5.22. The fourth-order valence-electron chi connectivity index (χ4n) is 1.83. The molecule has 0 amide bonds. The van der Waals surface area contributed by atoms with Gasteiger partial charge in [0.25, 0.3) is 0 Å². The van der Waals surface area contributed by atoms with E-state index in [2.05, 4.69) is 23.5 Å². The maximum atomic E-state index is 9.01. The van der Waals surface area contributed by atoms with Crippen LogP contribution in [-0.2, 0) is 0 Å². The first-order chi connectivity index (χ1) is 7.29. The van der Waals surface area contributed by atoms with Crippen LogP contribution >= 0.6 is 0 Å². The van der Waals surface area contributed by atoms with Crippen LogP contribution in [0.5, 0.6) is 0 Å². The predicted octanol–water partition coefficient (Wildman–Crippen LogP) is 3.00. The maximum Gasteiger partial charge on any atom is 0.101 e. The Bertz CT molecular complexity index is 419. The van der Waals surface area contributed by atoms with Gasteiger partial charge < -0.3 is 5.32 Å². The van der Waals surface area contributed by atoms with E-state index >= 15 is 0 Å². The fraction of sp³-hybridized carbons (Fsp3) is 0.308. The Morgan fingerprint density at radius 2 is 2.07 bits per heavy atom. The molecule has 0 atom stereocenters. The quantitative estimate of drug-likeness (QED) is 0.741. The van der Waals surface area contributed by atoms with Crippen LogP contribution in [0.15, 0.2) is 30.4 Å². The van der Waals surface area contributed by atoms with Gasteiger partial charge in [0.1, 0.15) is 6.07 Å². The normalized spacial score (nSPS) is 15.2. The van der Waals surface area contributed by atoms with Crippen molar-refractivity contribution in [2.75, 3.05) is 5.32 Å². The van der Waals surface area contributed by atoms with Gasteiger partial charge in [0.05, 0.1) is 11.3 Å². The zero-order valence-electron chi connectivity index (χ0n) is 8.83. The minimum Gasteiger partial charge on any atom is -0.381 e. The van der Waals surface area contributed by atoms with E-state index in [1.54, 1.807) is 0 Å². The molecule has 2 rings (SSSR count). The molecule has 0 saturated heterocycles. The molecular weight excluding hydrogens is 184 g/mol. The first-order valence-electron chi connectivity index (χ1n) is 5.22. The van der Waals surface area contributed by atoms with Gasteiger partial charge in [-0.3, -0.25) is 0 Å². The van der Waals surface area contributed by atoms with Crippen molar-refractivity contribution < 1.29 is 0 Å². The van der Waals surface area contributed by atoms with Gasteiger partial charge in [-0.1, -0.05) is 18.2 Å². The van der Waals surface area contributed by atoms with Crippen molar-refractivity contribution in [2.45, 2.75) is 25.8 Å². The van der Waals surface area contributed by atoms with Gasteiger partial charge in [-0.2, -0.15) is 5.26 Å². The van der Waals surface area contributed by atoms with Crippen molar-refractivity contribution in [3.8, 4) is 6.07 Å². The minimum absolute atomic E-state index is 0.458. The van der Waals surface area contributed by atoms with Gasteiger partial charge >= 0.3 is 0 Å². The molecule has 0 spiro atoms. The number of benzene rings is 1. The molecule has 0 heterocycles. The van der Waals surface area contributed by atoms with Crippen LogP contribution in [0, 0.1) is 18.3 Å². The molecule has 1 aromatic rings. The molecule has 1 aliphatic carbocycles. The summed E-state index contributed by atoms with van der Waals surface area (Å²) >= 11 is 0. The number of rotatable bonds is 2. The van der Waals surface area contributed by atoms with Gasteiger partial charge in [-0.05, 0) is 37.5 Å². The van der Waals surface area contributed by atoms with E-state index in [0.717, 1.165) is 29.7 Å². The molecule has 0 radical (unpaired) electrons. The number of nitrogens with one attached hydrogen (secondary N) is 1.